The Balaban J connectivity index is 1.91. The molecule has 0 aliphatic rings. The van der Waals surface area contributed by atoms with E-state index in [-0.39, 0.29) is 12.2 Å². The van der Waals surface area contributed by atoms with Crippen molar-refractivity contribution in [2.24, 2.45) is 7.05 Å². The van der Waals surface area contributed by atoms with Crippen LogP contribution in [0.25, 0.3) is 11.3 Å². The maximum Gasteiger partial charge on any atom is 0.222 e. The van der Waals surface area contributed by atoms with Crippen LogP contribution in [-0.4, -0.2) is 64.9 Å². The summed E-state index contributed by atoms with van der Waals surface area (Å²) in [5.74, 6) is 1.42. The highest BCUT2D eigenvalue weighted by Gasteiger charge is 2.24. The van der Waals surface area contributed by atoms with Crippen LogP contribution < -0.4 is 4.74 Å². The Hall–Kier alpha value is -2.71. The summed E-state index contributed by atoms with van der Waals surface area (Å²) in [6.45, 7) is 8.38. The molecular weight excluding hydrogens is 430 g/mol. The van der Waals surface area contributed by atoms with E-state index in [9.17, 15) is 5.11 Å². The van der Waals surface area contributed by atoms with Crippen LogP contribution in [0.5, 0.6) is 11.6 Å². The number of methoxy groups -OCH3 is 1. The number of aryl methyl sites for hydroxylation is 1. The number of ether oxygens (including phenoxy) is 3. The lowest BCUT2D eigenvalue weighted by molar-refractivity contribution is -0.0576. The van der Waals surface area contributed by atoms with Crippen molar-refractivity contribution in [3.05, 3.63) is 66.2 Å². The fourth-order valence-corrected chi connectivity index (χ4v) is 3.63. The molecule has 0 radical (unpaired) electrons. The number of hydrogen-bond donors (Lipinski definition) is 1. The summed E-state index contributed by atoms with van der Waals surface area (Å²) < 4.78 is 19.2. The zero-order valence-electron chi connectivity index (χ0n) is 20.9. The van der Waals surface area contributed by atoms with Gasteiger partial charge in [0.25, 0.3) is 0 Å². The first-order chi connectivity index (χ1) is 16.3. The fraction of sp³-hybridized carbons (Fsp3) is 0.444. The molecule has 184 valence electrons. The highest BCUT2D eigenvalue weighted by molar-refractivity contribution is 5.65. The Kier molecular flexibility index (Phi) is 9.24. The fourth-order valence-electron chi connectivity index (χ4n) is 3.63. The smallest absolute Gasteiger partial charge is 0.222 e. The number of aromatic nitrogens is 2. The van der Waals surface area contributed by atoms with Crippen LogP contribution >= 0.6 is 0 Å². The lowest BCUT2D eigenvalue weighted by Gasteiger charge is -2.27. The molecule has 1 N–H and O–H groups in total. The van der Waals surface area contributed by atoms with Gasteiger partial charge in [-0.2, -0.15) is 5.10 Å². The van der Waals surface area contributed by atoms with Crippen LogP contribution in [-0.2, 0) is 23.1 Å². The van der Waals surface area contributed by atoms with E-state index in [0.29, 0.717) is 32.1 Å². The largest absolute Gasteiger partial charge is 0.439 e. The van der Waals surface area contributed by atoms with Gasteiger partial charge in [0, 0.05) is 39.4 Å². The Morgan fingerprint density at radius 1 is 1.03 bits per heavy atom. The molecule has 0 amide bonds. The number of aliphatic hydroxyl groups is 1. The third kappa shape index (κ3) is 7.67. The molecule has 34 heavy (non-hydrogen) atoms. The van der Waals surface area contributed by atoms with Crippen LogP contribution in [0.2, 0.25) is 0 Å². The molecule has 0 saturated carbocycles. The van der Waals surface area contributed by atoms with E-state index in [1.54, 1.807) is 11.8 Å². The van der Waals surface area contributed by atoms with Crippen molar-refractivity contribution in [3.8, 4) is 22.9 Å². The number of nitrogens with zero attached hydrogens (tertiary/aromatic N) is 3. The Labute approximate surface area is 202 Å². The third-order valence-electron chi connectivity index (χ3n) is 5.26. The van der Waals surface area contributed by atoms with E-state index in [4.69, 9.17) is 19.3 Å². The highest BCUT2D eigenvalue weighted by Crippen LogP contribution is 2.34. The van der Waals surface area contributed by atoms with Crippen molar-refractivity contribution < 1.29 is 19.3 Å². The molecule has 0 aliphatic heterocycles. The number of benzene rings is 2. The molecule has 3 aromatic rings. The quantitative estimate of drug-likeness (QED) is 0.423. The lowest BCUT2D eigenvalue weighted by Crippen LogP contribution is -2.38. The summed E-state index contributed by atoms with van der Waals surface area (Å²) in [5, 5.41) is 15.5. The van der Waals surface area contributed by atoms with Crippen molar-refractivity contribution in [2.45, 2.75) is 39.0 Å². The number of hydrogen-bond acceptors (Lipinski definition) is 6. The average molecular weight is 468 g/mol. The predicted octanol–water partition coefficient (Wildman–Crippen LogP) is 4.50. The van der Waals surface area contributed by atoms with Gasteiger partial charge in [0.1, 0.15) is 11.4 Å². The second kappa shape index (κ2) is 12.1. The Morgan fingerprint density at radius 2 is 1.68 bits per heavy atom. The molecule has 1 heterocycles. The molecule has 1 aromatic heterocycles. The Bertz CT molecular complexity index is 1000. The summed E-state index contributed by atoms with van der Waals surface area (Å²) >= 11 is 0. The molecular formula is C27H37N3O4. The van der Waals surface area contributed by atoms with Crippen molar-refractivity contribution in [3.63, 3.8) is 0 Å². The van der Waals surface area contributed by atoms with Crippen molar-refractivity contribution >= 4 is 0 Å². The second-order valence-corrected chi connectivity index (χ2v) is 9.34. The topological polar surface area (TPSA) is 69.0 Å². The van der Waals surface area contributed by atoms with E-state index in [1.807, 2.05) is 88.5 Å². The van der Waals surface area contributed by atoms with Crippen molar-refractivity contribution in [1.82, 2.24) is 14.7 Å². The summed E-state index contributed by atoms with van der Waals surface area (Å²) in [6.07, 6.45) is -0.633. The highest BCUT2D eigenvalue weighted by atomic mass is 16.5. The molecule has 0 spiro atoms. The van der Waals surface area contributed by atoms with Crippen LogP contribution in [0.1, 0.15) is 26.3 Å². The minimum absolute atomic E-state index is 0.263. The van der Waals surface area contributed by atoms with Gasteiger partial charge in [-0.1, -0.05) is 48.5 Å². The normalized spacial score (nSPS) is 12.8. The van der Waals surface area contributed by atoms with E-state index in [2.05, 4.69) is 4.90 Å². The summed E-state index contributed by atoms with van der Waals surface area (Å²) in [5.41, 5.74) is 2.52. The molecule has 0 bridgehead atoms. The molecule has 2 aromatic carbocycles. The molecule has 0 aliphatic carbocycles. The van der Waals surface area contributed by atoms with E-state index >= 15 is 0 Å². The van der Waals surface area contributed by atoms with Gasteiger partial charge in [0.2, 0.25) is 5.88 Å². The monoisotopic (exact) mass is 467 g/mol. The standard InChI is InChI=1S/C27H37N3O4/c1-27(2,3)33-20-22(31)18-30(16-17-32-5)19-24-25(21-12-8-6-9-13-21)28-29(4)26(24)34-23-14-10-7-11-15-23/h6-15,22,31H,16-20H2,1-5H3/t22-/m1/s1. The van der Waals surface area contributed by atoms with Gasteiger partial charge >= 0.3 is 0 Å². The predicted molar refractivity (Wildman–Crippen MR) is 134 cm³/mol. The minimum Gasteiger partial charge on any atom is -0.439 e. The van der Waals surface area contributed by atoms with Crippen LogP contribution in [0, 0.1) is 0 Å². The minimum atomic E-state index is -0.633. The first-order valence-electron chi connectivity index (χ1n) is 11.6. The summed E-state index contributed by atoms with van der Waals surface area (Å²) in [7, 11) is 3.57. The Morgan fingerprint density at radius 3 is 2.29 bits per heavy atom. The van der Waals surface area contributed by atoms with Gasteiger partial charge in [-0.25, -0.2) is 4.68 Å². The van der Waals surface area contributed by atoms with Gasteiger partial charge < -0.3 is 19.3 Å². The maximum absolute atomic E-state index is 10.7. The van der Waals surface area contributed by atoms with Gasteiger partial charge in [0.15, 0.2) is 0 Å². The van der Waals surface area contributed by atoms with Crippen molar-refractivity contribution in [2.75, 3.05) is 33.4 Å². The van der Waals surface area contributed by atoms with E-state index < -0.39 is 6.10 Å². The SMILES string of the molecule is COCCN(Cc1c(-c2ccccc2)nn(C)c1Oc1ccccc1)C[C@@H](O)COC(C)(C)C. The number of para-hydroxylation sites is 1. The molecule has 7 nitrogen and oxygen atoms in total. The van der Waals surface area contributed by atoms with E-state index in [0.717, 1.165) is 22.6 Å². The van der Waals surface area contributed by atoms with Crippen LogP contribution in [0.3, 0.4) is 0 Å². The van der Waals surface area contributed by atoms with E-state index in [1.165, 1.54) is 0 Å². The first kappa shape index (κ1) is 25.9. The number of rotatable bonds is 12. The van der Waals surface area contributed by atoms with Gasteiger partial charge in [-0.05, 0) is 32.9 Å². The van der Waals surface area contributed by atoms with Crippen LogP contribution in [0.4, 0.5) is 0 Å². The molecule has 1 atom stereocenters. The first-order valence-corrected chi connectivity index (χ1v) is 11.6. The van der Waals surface area contributed by atoms with Gasteiger partial charge in [-0.15, -0.1) is 0 Å². The molecule has 0 saturated heterocycles. The second-order valence-electron chi connectivity index (χ2n) is 9.34. The van der Waals surface area contributed by atoms with Gasteiger partial charge in [-0.3, -0.25) is 4.90 Å². The molecule has 3 rings (SSSR count). The van der Waals surface area contributed by atoms with Crippen molar-refractivity contribution in [1.29, 1.82) is 0 Å². The summed E-state index contributed by atoms with van der Waals surface area (Å²) in [6, 6.07) is 19.8. The van der Waals surface area contributed by atoms with Crippen LogP contribution in [0.15, 0.2) is 60.7 Å². The molecule has 0 fully saturated rings. The maximum atomic E-state index is 10.7. The number of aliphatic hydroxyl groups excluding tert-OH is 1. The average Bonchev–Trinajstić information content (AvgIpc) is 3.12. The molecule has 0 unspecified atom stereocenters. The molecule has 7 heteroatoms. The lowest BCUT2D eigenvalue weighted by atomic mass is 10.1. The summed E-state index contributed by atoms with van der Waals surface area (Å²) in [4.78, 5) is 2.15. The third-order valence-corrected chi connectivity index (χ3v) is 5.26. The zero-order chi connectivity index (χ0) is 24.6. The zero-order valence-corrected chi connectivity index (χ0v) is 20.9. The van der Waals surface area contributed by atoms with Gasteiger partial charge in [0.05, 0.1) is 30.5 Å².